The number of methoxy groups -OCH3 is 1. The van der Waals surface area contributed by atoms with Gasteiger partial charge >= 0.3 is 0 Å². The molecule has 0 aromatic heterocycles. The average molecular weight is 347 g/mol. The van der Waals surface area contributed by atoms with Gasteiger partial charge in [0.05, 0.1) is 7.11 Å². The Balaban J connectivity index is 1.91. The topological polar surface area (TPSA) is 70.2 Å². The van der Waals surface area contributed by atoms with Crippen LogP contribution in [0.2, 0.25) is 0 Å². The summed E-state index contributed by atoms with van der Waals surface area (Å²) in [5.74, 6) is 0.642. The van der Waals surface area contributed by atoms with E-state index in [-0.39, 0.29) is 24.1 Å². The summed E-state index contributed by atoms with van der Waals surface area (Å²) in [5, 5.41) is 0. The van der Waals surface area contributed by atoms with Crippen LogP contribution in [0.1, 0.15) is 20.3 Å². The first-order valence-corrected chi connectivity index (χ1v) is 8.38. The van der Waals surface area contributed by atoms with Gasteiger partial charge in [-0.25, -0.2) is 0 Å². The number of carbonyl (C=O) groups is 3. The Kier molecular flexibility index (Phi) is 6.38. The lowest BCUT2D eigenvalue weighted by Gasteiger charge is -2.34. The molecule has 2 rings (SSSR count). The number of benzene rings is 1. The summed E-state index contributed by atoms with van der Waals surface area (Å²) in [7, 11) is 1.59. The van der Waals surface area contributed by atoms with Crippen LogP contribution < -0.4 is 9.64 Å². The third-order valence-electron chi connectivity index (χ3n) is 4.39. The number of carbonyl (C=O) groups excluding carboxylic acids is 3. The van der Waals surface area contributed by atoms with Gasteiger partial charge in [0.25, 0.3) is 0 Å². The Morgan fingerprint density at radius 2 is 1.56 bits per heavy atom. The van der Waals surface area contributed by atoms with Gasteiger partial charge in [0.1, 0.15) is 5.75 Å². The van der Waals surface area contributed by atoms with Crippen molar-refractivity contribution in [2.24, 2.45) is 0 Å². The number of ether oxygens (including phenoxy) is 1. The molecule has 0 radical (unpaired) electrons. The quantitative estimate of drug-likeness (QED) is 0.801. The highest BCUT2D eigenvalue weighted by atomic mass is 16.5. The van der Waals surface area contributed by atoms with Crippen molar-refractivity contribution < 1.29 is 19.1 Å². The molecule has 0 spiro atoms. The number of nitrogens with zero attached hydrogens (tertiary/aromatic N) is 3. The Labute approximate surface area is 148 Å². The van der Waals surface area contributed by atoms with Gasteiger partial charge in [-0.15, -0.1) is 0 Å². The van der Waals surface area contributed by atoms with Crippen LogP contribution in [0, 0.1) is 0 Å². The van der Waals surface area contributed by atoms with Crippen molar-refractivity contribution in [1.29, 1.82) is 0 Å². The fourth-order valence-corrected chi connectivity index (χ4v) is 2.87. The number of rotatable bonds is 5. The van der Waals surface area contributed by atoms with Crippen LogP contribution >= 0.6 is 0 Å². The smallest absolute Gasteiger partial charge is 0.224 e. The first-order chi connectivity index (χ1) is 11.9. The molecule has 3 amide bonds. The van der Waals surface area contributed by atoms with Crippen LogP contribution in [-0.2, 0) is 14.4 Å². The molecule has 0 saturated carbocycles. The van der Waals surface area contributed by atoms with Crippen molar-refractivity contribution in [3.63, 3.8) is 0 Å². The second-order valence-electron chi connectivity index (χ2n) is 6.01. The molecule has 0 bridgehead atoms. The minimum atomic E-state index is -0.112. The van der Waals surface area contributed by atoms with E-state index in [1.54, 1.807) is 46.1 Å². The van der Waals surface area contributed by atoms with Crippen LogP contribution in [0.4, 0.5) is 5.69 Å². The fraction of sp³-hybridized carbons (Fsp3) is 0.500. The van der Waals surface area contributed by atoms with Crippen LogP contribution in [0.25, 0.3) is 0 Å². The summed E-state index contributed by atoms with van der Waals surface area (Å²) in [4.78, 5) is 40.7. The van der Waals surface area contributed by atoms with Gasteiger partial charge in [-0.3, -0.25) is 14.4 Å². The van der Waals surface area contributed by atoms with E-state index in [0.717, 1.165) is 5.69 Å². The third kappa shape index (κ3) is 4.95. The second kappa shape index (κ2) is 8.50. The zero-order valence-corrected chi connectivity index (χ0v) is 15.0. The number of piperazine rings is 1. The predicted molar refractivity (Wildman–Crippen MR) is 94.5 cm³/mol. The van der Waals surface area contributed by atoms with E-state index in [4.69, 9.17) is 4.74 Å². The first-order valence-electron chi connectivity index (χ1n) is 8.38. The molecule has 1 aromatic rings. The van der Waals surface area contributed by atoms with Crippen molar-refractivity contribution in [3.8, 4) is 5.75 Å². The number of amides is 3. The molecule has 0 N–H and O–H groups in total. The van der Waals surface area contributed by atoms with Crippen LogP contribution in [0.15, 0.2) is 24.3 Å². The highest BCUT2D eigenvalue weighted by molar-refractivity contribution is 5.92. The zero-order chi connectivity index (χ0) is 18.4. The van der Waals surface area contributed by atoms with E-state index in [1.807, 2.05) is 0 Å². The Morgan fingerprint density at radius 3 is 2.04 bits per heavy atom. The number of hydrogen-bond donors (Lipinski definition) is 0. The van der Waals surface area contributed by atoms with Crippen molar-refractivity contribution in [2.45, 2.75) is 20.3 Å². The van der Waals surface area contributed by atoms with E-state index in [2.05, 4.69) is 0 Å². The van der Waals surface area contributed by atoms with E-state index >= 15 is 0 Å². The lowest BCUT2D eigenvalue weighted by Crippen LogP contribution is -2.50. The molecular weight excluding hydrogens is 322 g/mol. The molecule has 1 fully saturated rings. The molecule has 25 heavy (non-hydrogen) atoms. The Bertz CT molecular complexity index is 622. The lowest BCUT2D eigenvalue weighted by atomic mass is 10.2. The Hall–Kier alpha value is -2.57. The molecule has 1 heterocycles. The summed E-state index contributed by atoms with van der Waals surface area (Å²) in [5.41, 5.74) is 0.738. The van der Waals surface area contributed by atoms with E-state index in [0.29, 0.717) is 38.5 Å². The summed E-state index contributed by atoms with van der Waals surface area (Å²) in [6.45, 7) is 5.57. The molecule has 1 aliphatic rings. The van der Waals surface area contributed by atoms with E-state index in [9.17, 15) is 14.4 Å². The highest BCUT2D eigenvalue weighted by Gasteiger charge is 2.23. The molecule has 1 aliphatic heterocycles. The van der Waals surface area contributed by atoms with Gasteiger partial charge in [-0.2, -0.15) is 0 Å². The van der Waals surface area contributed by atoms with Gasteiger partial charge < -0.3 is 19.4 Å². The largest absolute Gasteiger partial charge is 0.497 e. The molecule has 136 valence electrons. The van der Waals surface area contributed by atoms with E-state index < -0.39 is 0 Å². The third-order valence-corrected chi connectivity index (χ3v) is 4.39. The zero-order valence-electron chi connectivity index (χ0n) is 15.0. The molecule has 7 nitrogen and oxygen atoms in total. The number of hydrogen-bond acceptors (Lipinski definition) is 4. The molecule has 0 unspecified atom stereocenters. The van der Waals surface area contributed by atoms with Gasteiger partial charge in [0, 0.05) is 58.7 Å². The molecule has 0 aliphatic carbocycles. The van der Waals surface area contributed by atoms with Crippen molar-refractivity contribution >= 4 is 23.4 Å². The average Bonchev–Trinajstić information content (AvgIpc) is 2.62. The maximum atomic E-state index is 12.4. The molecule has 1 saturated heterocycles. The first kappa shape index (κ1) is 18.8. The monoisotopic (exact) mass is 347 g/mol. The molecular formula is C18H25N3O4. The lowest BCUT2D eigenvalue weighted by molar-refractivity contribution is -0.138. The molecule has 0 atom stereocenters. The normalized spacial score (nSPS) is 14.2. The minimum Gasteiger partial charge on any atom is -0.497 e. The second-order valence-corrected chi connectivity index (χ2v) is 6.01. The summed E-state index contributed by atoms with van der Waals surface area (Å²) >= 11 is 0. The van der Waals surface area contributed by atoms with Crippen LogP contribution in [-0.4, -0.2) is 67.4 Å². The van der Waals surface area contributed by atoms with Crippen molar-refractivity contribution in [3.05, 3.63) is 24.3 Å². The highest BCUT2D eigenvalue weighted by Crippen LogP contribution is 2.20. The fourth-order valence-electron chi connectivity index (χ4n) is 2.87. The summed E-state index contributed by atoms with van der Waals surface area (Å²) in [6, 6.07) is 7.18. The Morgan fingerprint density at radius 1 is 1.00 bits per heavy atom. The van der Waals surface area contributed by atoms with Gasteiger partial charge in [-0.1, -0.05) is 0 Å². The van der Waals surface area contributed by atoms with Gasteiger partial charge in [-0.05, 0) is 24.3 Å². The summed E-state index contributed by atoms with van der Waals surface area (Å²) < 4.78 is 5.12. The SMILES string of the molecule is COc1ccc(N(CCC(=O)N2CCN(C(C)=O)CC2)C(C)=O)cc1. The maximum Gasteiger partial charge on any atom is 0.224 e. The van der Waals surface area contributed by atoms with Gasteiger partial charge in [0.2, 0.25) is 17.7 Å². The molecule has 7 heteroatoms. The van der Waals surface area contributed by atoms with Crippen molar-refractivity contribution in [2.75, 3.05) is 44.7 Å². The minimum absolute atomic E-state index is 0.00274. The van der Waals surface area contributed by atoms with Crippen LogP contribution in [0.3, 0.4) is 0 Å². The number of anilines is 1. The molecule has 1 aromatic carbocycles. The van der Waals surface area contributed by atoms with Crippen molar-refractivity contribution in [1.82, 2.24) is 9.80 Å². The van der Waals surface area contributed by atoms with E-state index in [1.165, 1.54) is 13.8 Å². The summed E-state index contributed by atoms with van der Waals surface area (Å²) in [6.07, 6.45) is 0.256. The van der Waals surface area contributed by atoms with Gasteiger partial charge in [0.15, 0.2) is 0 Å². The standard InChI is InChI=1S/C18H25N3O4/c1-14(22)19-10-12-20(13-11-19)18(24)8-9-21(15(2)23)16-4-6-17(25-3)7-5-16/h4-7H,8-13H2,1-3H3. The maximum absolute atomic E-state index is 12.4. The van der Waals surface area contributed by atoms with Crippen LogP contribution in [0.5, 0.6) is 5.75 Å². The predicted octanol–water partition coefficient (Wildman–Crippen LogP) is 1.13.